The highest BCUT2D eigenvalue weighted by atomic mass is 127. The van der Waals surface area contributed by atoms with Crippen LogP contribution < -0.4 is 10.6 Å². The van der Waals surface area contributed by atoms with Gasteiger partial charge in [-0.1, -0.05) is 6.92 Å². The largest absolute Gasteiger partial charge is 0.382 e. The van der Waals surface area contributed by atoms with E-state index in [1.54, 1.807) is 13.3 Å². The fourth-order valence-electron chi connectivity index (χ4n) is 2.00. The molecule has 1 aromatic rings. The Hall–Kier alpha value is -0.870. The molecule has 1 atom stereocenters. The van der Waals surface area contributed by atoms with E-state index >= 15 is 0 Å². The molecule has 0 aromatic carbocycles. The van der Waals surface area contributed by atoms with Gasteiger partial charge in [0.25, 0.3) is 0 Å². The van der Waals surface area contributed by atoms with Crippen LogP contribution in [0.3, 0.4) is 0 Å². The number of nitrogens with one attached hydrogen (secondary N) is 2. The van der Waals surface area contributed by atoms with E-state index in [-0.39, 0.29) is 24.0 Å². The first kappa shape index (κ1) is 23.1. The maximum Gasteiger partial charge on any atom is 0.191 e. The van der Waals surface area contributed by atoms with Crippen LogP contribution in [-0.4, -0.2) is 62.3 Å². The van der Waals surface area contributed by atoms with Gasteiger partial charge in [0.15, 0.2) is 5.96 Å². The molecule has 24 heavy (non-hydrogen) atoms. The van der Waals surface area contributed by atoms with Crippen molar-refractivity contribution in [1.82, 2.24) is 20.4 Å². The molecule has 0 bridgehead atoms. The molecule has 0 radical (unpaired) electrons. The highest BCUT2D eigenvalue weighted by Crippen LogP contribution is 2.00. The predicted octanol–water partition coefficient (Wildman–Crippen LogP) is 1.75. The molecule has 0 saturated carbocycles. The molecule has 0 aliphatic carbocycles. The van der Waals surface area contributed by atoms with Crippen LogP contribution in [0.4, 0.5) is 0 Å². The van der Waals surface area contributed by atoms with Crippen molar-refractivity contribution in [2.24, 2.45) is 10.9 Å². The van der Waals surface area contributed by atoms with Crippen LogP contribution in [0.15, 0.2) is 23.5 Å². The third-order valence-corrected chi connectivity index (χ3v) is 3.15. The summed E-state index contributed by atoms with van der Waals surface area (Å²) in [5, 5.41) is 10.8. The van der Waals surface area contributed by atoms with Gasteiger partial charge in [-0.3, -0.25) is 9.67 Å². The summed E-state index contributed by atoms with van der Waals surface area (Å²) in [5.74, 6) is 1.29. The van der Waals surface area contributed by atoms with E-state index < -0.39 is 0 Å². The Morgan fingerprint density at radius 3 is 2.79 bits per heavy atom. The van der Waals surface area contributed by atoms with E-state index in [0.717, 1.165) is 45.2 Å². The highest BCUT2D eigenvalue weighted by molar-refractivity contribution is 14.0. The molecule has 140 valence electrons. The minimum Gasteiger partial charge on any atom is -0.382 e. The quantitative estimate of drug-likeness (QED) is 0.218. The lowest BCUT2D eigenvalue weighted by Crippen LogP contribution is -2.38. The molecule has 0 amide bonds. The minimum atomic E-state index is 0. The second-order valence-corrected chi connectivity index (χ2v) is 5.44. The van der Waals surface area contributed by atoms with Gasteiger partial charge in [0.05, 0.1) is 13.2 Å². The summed E-state index contributed by atoms with van der Waals surface area (Å²) in [4.78, 5) is 4.63. The summed E-state index contributed by atoms with van der Waals surface area (Å²) in [7, 11) is 1.68. The van der Waals surface area contributed by atoms with E-state index in [9.17, 15) is 0 Å². The van der Waals surface area contributed by atoms with E-state index in [4.69, 9.17) is 9.47 Å². The van der Waals surface area contributed by atoms with E-state index in [1.165, 1.54) is 0 Å². The van der Waals surface area contributed by atoms with Gasteiger partial charge in [-0.2, -0.15) is 5.10 Å². The number of halogens is 1. The zero-order valence-electron chi connectivity index (χ0n) is 15.0. The third-order valence-electron chi connectivity index (χ3n) is 3.15. The number of guanidine groups is 1. The van der Waals surface area contributed by atoms with Crippen molar-refractivity contribution in [3.8, 4) is 0 Å². The van der Waals surface area contributed by atoms with Crippen molar-refractivity contribution in [2.45, 2.75) is 26.8 Å². The Labute approximate surface area is 162 Å². The average Bonchev–Trinajstić information content (AvgIpc) is 3.04. The van der Waals surface area contributed by atoms with Crippen LogP contribution in [0.5, 0.6) is 0 Å². The summed E-state index contributed by atoms with van der Waals surface area (Å²) >= 11 is 0. The van der Waals surface area contributed by atoms with Crippen molar-refractivity contribution in [3.05, 3.63) is 18.5 Å². The number of aromatic nitrogens is 2. The molecule has 1 rings (SSSR count). The van der Waals surface area contributed by atoms with Gasteiger partial charge in [-0.05, 0) is 25.3 Å². The standard InChI is InChI=1S/C16H31N5O2.HI/c1-4-17-16(18-7-6-10-23-12-11-22-3)19-13-15(2)14-21-9-5-8-20-21;/h5,8-9,15H,4,6-7,10-14H2,1-3H3,(H2,17,18,19);1H. The lowest BCUT2D eigenvalue weighted by atomic mass is 10.2. The fraction of sp³-hybridized carbons (Fsp3) is 0.750. The SMILES string of the molecule is CCNC(=NCC(C)Cn1cccn1)NCCCOCCOC.I. The van der Waals surface area contributed by atoms with Crippen molar-refractivity contribution in [3.63, 3.8) is 0 Å². The molecular formula is C16H32IN5O2. The van der Waals surface area contributed by atoms with E-state index in [2.05, 4.69) is 34.6 Å². The van der Waals surface area contributed by atoms with Gasteiger partial charge in [0.2, 0.25) is 0 Å². The molecule has 2 N–H and O–H groups in total. The molecule has 0 saturated heterocycles. The fourth-order valence-corrected chi connectivity index (χ4v) is 2.00. The summed E-state index contributed by atoms with van der Waals surface area (Å²) in [6, 6.07) is 1.94. The summed E-state index contributed by atoms with van der Waals surface area (Å²) in [6.45, 7) is 9.60. The maximum atomic E-state index is 5.44. The van der Waals surface area contributed by atoms with Crippen LogP contribution in [0.2, 0.25) is 0 Å². The van der Waals surface area contributed by atoms with Gasteiger partial charge >= 0.3 is 0 Å². The van der Waals surface area contributed by atoms with Crippen LogP contribution in [0.25, 0.3) is 0 Å². The highest BCUT2D eigenvalue weighted by Gasteiger charge is 2.04. The number of ether oxygens (including phenoxy) is 2. The van der Waals surface area contributed by atoms with Gasteiger partial charge in [-0.25, -0.2) is 0 Å². The molecule has 1 unspecified atom stereocenters. The van der Waals surface area contributed by atoms with Gasteiger partial charge in [0.1, 0.15) is 0 Å². The number of nitrogens with zero attached hydrogens (tertiary/aromatic N) is 3. The monoisotopic (exact) mass is 453 g/mol. The topological polar surface area (TPSA) is 72.7 Å². The molecule has 0 aliphatic heterocycles. The lowest BCUT2D eigenvalue weighted by molar-refractivity contribution is 0.0698. The Morgan fingerprint density at radius 2 is 2.12 bits per heavy atom. The van der Waals surface area contributed by atoms with Crippen molar-refractivity contribution < 1.29 is 9.47 Å². The summed E-state index contributed by atoms with van der Waals surface area (Å²) in [5.41, 5.74) is 0. The Morgan fingerprint density at radius 1 is 1.29 bits per heavy atom. The van der Waals surface area contributed by atoms with Gasteiger partial charge < -0.3 is 20.1 Å². The lowest BCUT2D eigenvalue weighted by Gasteiger charge is -2.13. The average molecular weight is 453 g/mol. The molecule has 1 aromatic heterocycles. The predicted molar refractivity (Wildman–Crippen MR) is 108 cm³/mol. The Balaban J connectivity index is 0.00000529. The second-order valence-electron chi connectivity index (χ2n) is 5.44. The maximum absolute atomic E-state index is 5.44. The zero-order chi connectivity index (χ0) is 16.8. The van der Waals surface area contributed by atoms with Crippen LogP contribution >= 0.6 is 24.0 Å². The zero-order valence-corrected chi connectivity index (χ0v) is 17.4. The number of hydrogen-bond acceptors (Lipinski definition) is 4. The number of rotatable bonds is 12. The van der Waals surface area contributed by atoms with Crippen LogP contribution in [-0.2, 0) is 16.0 Å². The molecule has 1 heterocycles. The molecule has 7 nitrogen and oxygen atoms in total. The molecule has 0 fully saturated rings. The molecule has 0 spiro atoms. The molecule has 8 heteroatoms. The van der Waals surface area contributed by atoms with Crippen LogP contribution in [0, 0.1) is 5.92 Å². The number of aliphatic imine (C=N–C) groups is 1. The first-order valence-corrected chi connectivity index (χ1v) is 8.32. The Kier molecular flexibility index (Phi) is 15.1. The third kappa shape index (κ3) is 11.6. The summed E-state index contributed by atoms with van der Waals surface area (Å²) in [6.07, 6.45) is 4.72. The van der Waals surface area contributed by atoms with Gasteiger partial charge in [-0.15, -0.1) is 24.0 Å². The van der Waals surface area contributed by atoms with E-state index in [1.807, 2.05) is 16.9 Å². The van der Waals surface area contributed by atoms with Crippen molar-refractivity contribution >= 4 is 29.9 Å². The van der Waals surface area contributed by atoms with Crippen molar-refractivity contribution in [1.29, 1.82) is 0 Å². The first-order chi connectivity index (χ1) is 11.3. The molecule has 0 aliphatic rings. The Bertz CT molecular complexity index is 415. The smallest absolute Gasteiger partial charge is 0.191 e. The van der Waals surface area contributed by atoms with Crippen LogP contribution in [0.1, 0.15) is 20.3 Å². The van der Waals surface area contributed by atoms with Gasteiger partial charge in [0, 0.05) is 52.3 Å². The summed E-state index contributed by atoms with van der Waals surface area (Å²) < 4.78 is 12.3. The number of methoxy groups -OCH3 is 1. The first-order valence-electron chi connectivity index (χ1n) is 8.32. The minimum absolute atomic E-state index is 0. The number of hydrogen-bond donors (Lipinski definition) is 2. The molecular weight excluding hydrogens is 421 g/mol. The second kappa shape index (κ2) is 15.6. The normalized spacial score (nSPS) is 12.5. The van der Waals surface area contributed by atoms with E-state index in [0.29, 0.717) is 19.1 Å². The van der Waals surface area contributed by atoms with Crippen molar-refractivity contribution in [2.75, 3.05) is 46.6 Å².